The maximum absolute atomic E-state index is 9.42. The van der Waals surface area contributed by atoms with E-state index in [1.54, 1.807) is 0 Å². The Hall–Kier alpha value is -0.590. The minimum absolute atomic E-state index is 0.0140. The van der Waals surface area contributed by atoms with Crippen molar-refractivity contribution in [1.29, 1.82) is 5.26 Å². The summed E-state index contributed by atoms with van der Waals surface area (Å²) in [6.07, 6.45) is 7.57. The lowest BCUT2D eigenvalue weighted by atomic mass is 9.68. The molecular formula is C17H30N2O. The Kier molecular flexibility index (Phi) is 5.46. The highest BCUT2D eigenvalue weighted by Gasteiger charge is 2.33. The number of rotatable bonds is 4. The highest BCUT2D eigenvalue weighted by molar-refractivity contribution is 4.97. The smallest absolute Gasteiger partial charge is 0.0982 e. The van der Waals surface area contributed by atoms with Crippen LogP contribution in [0.1, 0.15) is 59.3 Å². The van der Waals surface area contributed by atoms with Crippen LogP contribution in [0, 0.1) is 28.6 Å². The molecule has 0 aromatic carbocycles. The van der Waals surface area contributed by atoms with E-state index in [0.717, 1.165) is 25.5 Å². The van der Waals surface area contributed by atoms with Crippen LogP contribution in [0.5, 0.6) is 0 Å². The van der Waals surface area contributed by atoms with E-state index in [-0.39, 0.29) is 6.04 Å². The summed E-state index contributed by atoms with van der Waals surface area (Å²) in [5.41, 5.74) is 0.415. The molecule has 1 N–H and O–H groups in total. The van der Waals surface area contributed by atoms with Crippen molar-refractivity contribution < 1.29 is 4.74 Å². The molecule has 2 aliphatic rings. The SMILES string of the molecule is CC(C)(C)C1CCC(C(C#N)NCC2CCCO2)CC1. The van der Waals surface area contributed by atoms with Crippen molar-refractivity contribution in [1.82, 2.24) is 5.32 Å². The van der Waals surface area contributed by atoms with E-state index >= 15 is 0 Å². The van der Waals surface area contributed by atoms with E-state index in [1.165, 1.54) is 32.1 Å². The Morgan fingerprint density at radius 3 is 2.40 bits per heavy atom. The van der Waals surface area contributed by atoms with Crippen LogP contribution in [-0.2, 0) is 4.74 Å². The van der Waals surface area contributed by atoms with Crippen LogP contribution in [0.4, 0.5) is 0 Å². The fraction of sp³-hybridized carbons (Fsp3) is 0.941. The Bertz CT molecular complexity index is 328. The first kappa shape index (κ1) is 15.8. The van der Waals surface area contributed by atoms with Gasteiger partial charge in [0.05, 0.1) is 18.2 Å². The third-order valence-corrected chi connectivity index (χ3v) is 5.20. The average molecular weight is 278 g/mol. The molecule has 0 radical (unpaired) electrons. The highest BCUT2D eigenvalue weighted by atomic mass is 16.5. The lowest BCUT2D eigenvalue weighted by Gasteiger charge is -2.38. The van der Waals surface area contributed by atoms with Gasteiger partial charge in [0.1, 0.15) is 0 Å². The Morgan fingerprint density at radius 2 is 1.90 bits per heavy atom. The van der Waals surface area contributed by atoms with Crippen LogP contribution in [0.3, 0.4) is 0 Å². The average Bonchev–Trinajstić information content (AvgIpc) is 2.92. The zero-order valence-corrected chi connectivity index (χ0v) is 13.3. The van der Waals surface area contributed by atoms with Crippen LogP contribution >= 0.6 is 0 Å². The monoisotopic (exact) mass is 278 g/mol. The van der Waals surface area contributed by atoms with Gasteiger partial charge in [-0.15, -0.1) is 0 Å². The van der Waals surface area contributed by atoms with Gasteiger partial charge in [0.15, 0.2) is 0 Å². The van der Waals surface area contributed by atoms with Crippen molar-refractivity contribution in [2.24, 2.45) is 17.3 Å². The molecule has 1 saturated carbocycles. The van der Waals surface area contributed by atoms with E-state index in [0.29, 0.717) is 17.4 Å². The topological polar surface area (TPSA) is 45.0 Å². The van der Waals surface area contributed by atoms with E-state index in [1.807, 2.05) is 0 Å². The molecule has 20 heavy (non-hydrogen) atoms. The van der Waals surface area contributed by atoms with E-state index in [4.69, 9.17) is 4.74 Å². The quantitative estimate of drug-likeness (QED) is 0.856. The molecule has 1 heterocycles. The van der Waals surface area contributed by atoms with E-state index in [2.05, 4.69) is 32.2 Å². The van der Waals surface area contributed by atoms with Crippen molar-refractivity contribution in [3.05, 3.63) is 0 Å². The molecule has 1 aliphatic carbocycles. The van der Waals surface area contributed by atoms with Crippen molar-refractivity contribution in [3.63, 3.8) is 0 Å². The molecule has 2 unspecified atom stereocenters. The summed E-state index contributed by atoms with van der Waals surface area (Å²) in [4.78, 5) is 0. The molecule has 3 heteroatoms. The van der Waals surface area contributed by atoms with Crippen LogP contribution in [0.25, 0.3) is 0 Å². The molecule has 2 fully saturated rings. The van der Waals surface area contributed by atoms with Crippen molar-refractivity contribution in [2.45, 2.75) is 71.4 Å². The van der Waals surface area contributed by atoms with Gasteiger partial charge in [-0.25, -0.2) is 0 Å². The Labute approximate surface area is 124 Å². The summed E-state index contributed by atoms with van der Waals surface area (Å²) < 4.78 is 5.63. The van der Waals surface area contributed by atoms with Gasteiger partial charge >= 0.3 is 0 Å². The first-order valence-corrected chi connectivity index (χ1v) is 8.25. The lowest BCUT2D eigenvalue weighted by Crippen LogP contribution is -2.41. The maximum Gasteiger partial charge on any atom is 0.0982 e. The molecule has 114 valence electrons. The summed E-state index contributed by atoms with van der Waals surface area (Å²) >= 11 is 0. The number of hydrogen-bond donors (Lipinski definition) is 1. The number of nitriles is 1. The van der Waals surface area contributed by atoms with Crippen LogP contribution in [0.15, 0.2) is 0 Å². The van der Waals surface area contributed by atoms with Gasteiger partial charge < -0.3 is 4.74 Å². The second-order valence-corrected chi connectivity index (χ2v) is 7.63. The minimum Gasteiger partial charge on any atom is -0.377 e. The first-order valence-electron chi connectivity index (χ1n) is 8.25. The number of nitrogens with one attached hydrogen (secondary N) is 1. The summed E-state index contributed by atoms with van der Waals surface area (Å²) in [5, 5.41) is 12.9. The number of hydrogen-bond acceptors (Lipinski definition) is 3. The molecule has 0 amide bonds. The van der Waals surface area contributed by atoms with Gasteiger partial charge in [-0.2, -0.15) is 5.26 Å². The summed E-state index contributed by atoms with van der Waals surface area (Å²) in [5.74, 6) is 1.34. The number of nitrogens with zero attached hydrogens (tertiary/aromatic N) is 1. The lowest BCUT2D eigenvalue weighted by molar-refractivity contribution is 0.101. The van der Waals surface area contributed by atoms with Gasteiger partial charge in [-0.1, -0.05) is 20.8 Å². The molecule has 2 atom stereocenters. The van der Waals surface area contributed by atoms with E-state index in [9.17, 15) is 5.26 Å². The van der Waals surface area contributed by atoms with Gasteiger partial charge in [0.2, 0.25) is 0 Å². The largest absolute Gasteiger partial charge is 0.377 e. The molecule has 0 aromatic rings. The predicted molar refractivity (Wildman–Crippen MR) is 81.3 cm³/mol. The third kappa shape index (κ3) is 4.20. The molecule has 2 rings (SSSR count). The summed E-state index contributed by atoms with van der Waals surface area (Å²) in [6.45, 7) is 8.76. The van der Waals surface area contributed by atoms with Gasteiger partial charge in [0, 0.05) is 13.2 Å². The number of ether oxygens (including phenoxy) is 1. The standard InChI is InChI=1S/C17H30N2O/c1-17(2,3)14-8-6-13(7-9-14)16(11-18)19-12-15-5-4-10-20-15/h13-16,19H,4-10,12H2,1-3H3. The fourth-order valence-corrected chi connectivity index (χ4v) is 3.70. The zero-order chi connectivity index (χ0) is 14.6. The van der Waals surface area contributed by atoms with Gasteiger partial charge in [-0.05, 0) is 55.8 Å². The molecule has 0 aromatic heterocycles. The van der Waals surface area contributed by atoms with Gasteiger partial charge in [0.25, 0.3) is 0 Å². The highest BCUT2D eigenvalue weighted by Crippen LogP contribution is 2.40. The summed E-state index contributed by atoms with van der Waals surface area (Å²) in [6, 6.07) is 2.50. The normalized spacial score (nSPS) is 32.8. The van der Waals surface area contributed by atoms with Crippen LogP contribution in [0.2, 0.25) is 0 Å². The second-order valence-electron chi connectivity index (χ2n) is 7.63. The molecule has 3 nitrogen and oxygen atoms in total. The van der Waals surface area contributed by atoms with Crippen molar-refractivity contribution in [3.8, 4) is 6.07 Å². The van der Waals surface area contributed by atoms with Crippen molar-refractivity contribution in [2.75, 3.05) is 13.2 Å². The Morgan fingerprint density at radius 1 is 1.20 bits per heavy atom. The van der Waals surface area contributed by atoms with Crippen molar-refractivity contribution >= 4 is 0 Å². The zero-order valence-electron chi connectivity index (χ0n) is 13.3. The minimum atomic E-state index is 0.0140. The predicted octanol–water partition coefficient (Wildman–Crippen LogP) is 3.50. The maximum atomic E-state index is 9.42. The van der Waals surface area contributed by atoms with Gasteiger partial charge in [-0.3, -0.25) is 5.32 Å². The molecule has 1 aliphatic heterocycles. The summed E-state index contributed by atoms with van der Waals surface area (Å²) in [7, 11) is 0. The molecule has 0 spiro atoms. The molecular weight excluding hydrogens is 248 g/mol. The third-order valence-electron chi connectivity index (χ3n) is 5.20. The first-order chi connectivity index (χ1) is 9.50. The molecule has 1 saturated heterocycles. The van der Waals surface area contributed by atoms with Crippen LogP contribution in [-0.4, -0.2) is 25.3 Å². The second kappa shape index (κ2) is 6.91. The van der Waals surface area contributed by atoms with E-state index < -0.39 is 0 Å². The fourth-order valence-electron chi connectivity index (χ4n) is 3.70. The Balaban J connectivity index is 1.76. The van der Waals surface area contributed by atoms with Crippen LogP contribution < -0.4 is 5.32 Å². The molecule has 0 bridgehead atoms.